The zero-order chi connectivity index (χ0) is 28.8. The second kappa shape index (κ2) is 12.6. The number of methoxy groups -OCH3 is 3. The summed E-state index contributed by atoms with van der Waals surface area (Å²) in [4.78, 5) is 34.5. The molecule has 210 valence electrons. The lowest BCUT2D eigenvalue weighted by Crippen LogP contribution is -2.38. The maximum atomic E-state index is 14.1. The molecule has 0 aliphatic carbocycles. The first-order valence-electron chi connectivity index (χ1n) is 13.2. The van der Waals surface area contributed by atoms with Crippen molar-refractivity contribution in [2.24, 2.45) is 0 Å². The van der Waals surface area contributed by atoms with Gasteiger partial charge < -0.3 is 19.1 Å². The summed E-state index contributed by atoms with van der Waals surface area (Å²) < 4.78 is 31.6. The van der Waals surface area contributed by atoms with Crippen molar-refractivity contribution in [1.29, 1.82) is 0 Å². The summed E-state index contributed by atoms with van der Waals surface area (Å²) in [7, 11) is 4.49. The monoisotopic (exact) mass is 547 g/mol. The average molecular weight is 548 g/mol. The summed E-state index contributed by atoms with van der Waals surface area (Å²) in [6, 6.07) is 15.3. The molecule has 40 heavy (non-hydrogen) atoms. The third-order valence-electron chi connectivity index (χ3n) is 6.90. The molecule has 1 unspecified atom stereocenters. The van der Waals surface area contributed by atoms with Gasteiger partial charge in [-0.1, -0.05) is 31.9 Å². The van der Waals surface area contributed by atoms with E-state index in [4.69, 9.17) is 19.2 Å². The Hall–Kier alpha value is -4.40. The van der Waals surface area contributed by atoms with E-state index in [1.165, 1.54) is 50.2 Å². The Bertz CT molecular complexity index is 1530. The Kier molecular flexibility index (Phi) is 9.04. The number of unbranched alkanes of at least 4 members (excludes halogenated alkanes) is 2. The van der Waals surface area contributed by atoms with Crippen LogP contribution >= 0.6 is 0 Å². The van der Waals surface area contributed by atoms with Crippen LogP contribution in [0, 0.1) is 5.82 Å². The number of hydrogen-bond donors (Lipinski definition) is 0. The minimum atomic E-state index is -0.620. The van der Waals surface area contributed by atoms with E-state index in [-0.39, 0.29) is 11.5 Å². The van der Waals surface area contributed by atoms with Crippen LogP contribution in [0.15, 0.2) is 65.5 Å². The van der Waals surface area contributed by atoms with E-state index in [1.54, 1.807) is 35.2 Å². The Balaban J connectivity index is 1.89. The van der Waals surface area contributed by atoms with Gasteiger partial charge in [0.05, 0.1) is 44.0 Å². The van der Waals surface area contributed by atoms with Gasteiger partial charge in [-0.25, -0.2) is 9.37 Å². The second-order valence-corrected chi connectivity index (χ2v) is 9.40. The highest BCUT2D eigenvalue weighted by atomic mass is 19.1. The van der Waals surface area contributed by atoms with E-state index in [9.17, 15) is 14.0 Å². The number of aromatic nitrogens is 2. The number of carbonyl (C=O) groups is 1. The minimum Gasteiger partial charge on any atom is -0.493 e. The quantitative estimate of drug-likeness (QED) is 0.216. The molecule has 0 spiro atoms. The molecule has 0 aliphatic rings. The molecule has 1 atom stereocenters. The van der Waals surface area contributed by atoms with Gasteiger partial charge >= 0.3 is 0 Å². The molecule has 0 saturated carbocycles. The van der Waals surface area contributed by atoms with Crippen LogP contribution in [0.4, 0.5) is 4.39 Å². The first kappa shape index (κ1) is 28.6. The van der Waals surface area contributed by atoms with Gasteiger partial charge in [0.25, 0.3) is 11.5 Å². The highest BCUT2D eigenvalue weighted by Crippen LogP contribution is 2.39. The molecule has 0 bridgehead atoms. The number of benzene rings is 3. The predicted octanol–water partition coefficient (Wildman–Crippen LogP) is 5.94. The van der Waals surface area contributed by atoms with Gasteiger partial charge in [-0.05, 0) is 61.9 Å². The molecule has 1 heterocycles. The summed E-state index contributed by atoms with van der Waals surface area (Å²) >= 11 is 0. The van der Waals surface area contributed by atoms with Crippen LogP contribution in [0.2, 0.25) is 0 Å². The van der Waals surface area contributed by atoms with Crippen molar-refractivity contribution in [2.75, 3.05) is 27.9 Å². The maximum absolute atomic E-state index is 14.1. The summed E-state index contributed by atoms with van der Waals surface area (Å²) in [6.07, 6.45) is 2.64. The molecule has 8 nitrogen and oxygen atoms in total. The van der Waals surface area contributed by atoms with Crippen molar-refractivity contribution in [3.05, 3.63) is 88.2 Å². The smallest absolute Gasteiger partial charge is 0.266 e. The SMILES string of the molecule is CCCCCN(C(=O)c1cc(OC)c(OC)c(OC)c1)C(C)c1nc2ccccc2c(=O)n1-c1ccc(F)cc1. The lowest BCUT2D eigenvalue weighted by Gasteiger charge is -2.31. The predicted molar refractivity (Wildman–Crippen MR) is 152 cm³/mol. The van der Waals surface area contributed by atoms with Crippen LogP contribution in [0.5, 0.6) is 17.2 Å². The molecule has 0 fully saturated rings. The van der Waals surface area contributed by atoms with Gasteiger partial charge in [0.2, 0.25) is 5.75 Å². The van der Waals surface area contributed by atoms with Crippen molar-refractivity contribution in [3.63, 3.8) is 0 Å². The van der Waals surface area contributed by atoms with E-state index < -0.39 is 11.9 Å². The van der Waals surface area contributed by atoms with E-state index in [2.05, 4.69) is 6.92 Å². The third-order valence-corrected chi connectivity index (χ3v) is 6.90. The number of amides is 1. The molecule has 0 aliphatic heterocycles. The molecule has 9 heteroatoms. The number of ether oxygens (including phenoxy) is 3. The van der Waals surface area contributed by atoms with Crippen LogP contribution in [0.1, 0.15) is 55.3 Å². The zero-order valence-electron chi connectivity index (χ0n) is 23.4. The fourth-order valence-corrected chi connectivity index (χ4v) is 4.78. The van der Waals surface area contributed by atoms with Crippen LogP contribution in [0.3, 0.4) is 0 Å². The topological polar surface area (TPSA) is 82.9 Å². The van der Waals surface area contributed by atoms with E-state index in [1.807, 2.05) is 13.0 Å². The van der Waals surface area contributed by atoms with Gasteiger partial charge in [-0.3, -0.25) is 14.2 Å². The van der Waals surface area contributed by atoms with E-state index >= 15 is 0 Å². The standard InChI is InChI=1S/C31H34FN3O5/c1-6-7-10-17-34(30(36)21-18-26(38-3)28(40-5)27(19-21)39-4)20(2)29-33-25-12-9-8-11-24(25)31(37)35(29)23-15-13-22(32)14-16-23/h8-9,11-16,18-20H,6-7,10,17H2,1-5H3. The largest absolute Gasteiger partial charge is 0.493 e. The normalized spacial score (nSPS) is 11.8. The van der Waals surface area contributed by atoms with Gasteiger partial charge in [0, 0.05) is 12.1 Å². The Morgan fingerprint density at radius 3 is 2.23 bits per heavy atom. The van der Waals surface area contributed by atoms with E-state index in [0.29, 0.717) is 51.8 Å². The molecule has 4 aromatic rings. The number of para-hydroxylation sites is 1. The highest BCUT2D eigenvalue weighted by molar-refractivity contribution is 5.96. The number of nitrogens with zero attached hydrogens (tertiary/aromatic N) is 3. The Morgan fingerprint density at radius 1 is 0.975 bits per heavy atom. The van der Waals surface area contributed by atoms with E-state index in [0.717, 1.165) is 19.3 Å². The van der Waals surface area contributed by atoms with Crippen molar-refractivity contribution >= 4 is 16.8 Å². The highest BCUT2D eigenvalue weighted by Gasteiger charge is 2.29. The molecule has 0 N–H and O–H groups in total. The molecular formula is C31H34FN3O5. The van der Waals surface area contributed by atoms with Crippen molar-refractivity contribution in [3.8, 4) is 22.9 Å². The van der Waals surface area contributed by atoms with Gasteiger partial charge in [-0.15, -0.1) is 0 Å². The summed E-state index contributed by atoms with van der Waals surface area (Å²) in [5, 5.41) is 0.427. The first-order valence-corrected chi connectivity index (χ1v) is 13.2. The number of fused-ring (bicyclic) bond motifs is 1. The summed E-state index contributed by atoms with van der Waals surface area (Å²) in [5.41, 5.74) is 1.02. The maximum Gasteiger partial charge on any atom is 0.266 e. The lowest BCUT2D eigenvalue weighted by atomic mass is 10.1. The fraction of sp³-hybridized carbons (Fsp3) is 0.323. The van der Waals surface area contributed by atoms with Crippen LogP contribution in [-0.4, -0.2) is 48.2 Å². The van der Waals surface area contributed by atoms with Crippen molar-refractivity contribution in [2.45, 2.75) is 39.2 Å². The first-order chi connectivity index (χ1) is 19.3. The fourth-order valence-electron chi connectivity index (χ4n) is 4.78. The molecule has 1 amide bonds. The molecular weight excluding hydrogens is 513 g/mol. The van der Waals surface area contributed by atoms with Gasteiger partial charge in [-0.2, -0.15) is 0 Å². The van der Waals surface area contributed by atoms with Crippen LogP contribution in [-0.2, 0) is 0 Å². The third kappa shape index (κ3) is 5.64. The van der Waals surface area contributed by atoms with Crippen molar-refractivity contribution < 1.29 is 23.4 Å². The van der Waals surface area contributed by atoms with Crippen molar-refractivity contribution in [1.82, 2.24) is 14.5 Å². The number of halogens is 1. The molecule has 0 saturated heterocycles. The summed E-state index contributed by atoms with van der Waals surface area (Å²) in [6.45, 7) is 4.36. The Labute approximate surface area is 232 Å². The molecule has 0 radical (unpaired) electrons. The lowest BCUT2D eigenvalue weighted by molar-refractivity contribution is 0.0676. The molecule has 4 rings (SSSR count). The number of rotatable bonds is 11. The summed E-state index contributed by atoms with van der Waals surface area (Å²) in [5.74, 6) is 0.771. The zero-order valence-corrected chi connectivity index (χ0v) is 23.4. The van der Waals surface area contributed by atoms with Crippen LogP contribution in [0.25, 0.3) is 16.6 Å². The Morgan fingerprint density at radius 2 is 1.62 bits per heavy atom. The second-order valence-electron chi connectivity index (χ2n) is 9.40. The number of hydrogen-bond acceptors (Lipinski definition) is 6. The molecule has 3 aromatic carbocycles. The molecule has 1 aromatic heterocycles. The average Bonchev–Trinajstić information content (AvgIpc) is 2.98. The number of carbonyl (C=O) groups excluding carboxylic acids is 1. The van der Waals surface area contributed by atoms with Gasteiger partial charge in [0.1, 0.15) is 11.6 Å². The van der Waals surface area contributed by atoms with Crippen LogP contribution < -0.4 is 19.8 Å². The minimum absolute atomic E-state index is 0.282. The van der Waals surface area contributed by atoms with Gasteiger partial charge in [0.15, 0.2) is 11.5 Å².